The summed E-state index contributed by atoms with van der Waals surface area (Å²) >= 11 is 0. The van der Waals surface area contributed by atoms with Crippen LogP contribution in [0.1, 0.15) is 22.3 Å². The van der Waals surface area contributed by atoms with Gasteiger partial charge in [0.1, 0.15) is 58.5 Å². The first-order valence-corrected chi connectivity index (χ1v) is 17.1. The Balaban J connectivity index is 0.000000167. The molecule has 2 aromatic heterocycles. The monoisotopic (exact) mass is 710 g/mol. The molecule has 1 atom stereocenters. The van der Waals surface area contributed by atoms with E-state index in [-0.39, 0.29) is 18.1 Å². The first kappa shape index (κ1) is 35.2. The zero-order valence-corrected chi connectivity index (χ0v) is 28.6. The molecule has 8 rings (SSSR count). The van der Waals surface area contributed by atoms with Gasteiger partial charge >= 0.3 is 0 Å². The van der Waals surface area contributed by atoms with Crippen LogP contribution in [0.5, 0.6) is 11.5 Å². The van der Waals surface area contributed by atoms with E-state index in [0.29, 0.717) is 33.8 Å². The van der Waals surface area contributed by atoms with Crippen LogP contribution >= 0.6 is 0 Å². The molecule has 0 fully saturated rings. The van der Waals surface area contributed by atoms with Crippen LogP contribution in [0, 0.1) is 11.6 Å². The molecule has 2 heterocycles. The highest BCUT2D eigenvalue weighted by atomic mass is 19.1. The number of phenolic OH excluding ortho intramolecular Hbond substituents is 1. The van der Waals surface area contributed by atoms with Gasteiger partial charge in [0.2, 0.25) is 0 Å². The van der Waals surface area contributed by atoms with E-state index in [1.165, 1.54) is 34.9 Å². The van der Waals surface area contributed by atoms with Gasteiger partial charge in [0.25, 0.3) is 0 Å². The molecule has 0 bridgehead atoms. The summed E-state index contributed by atoms with van der Waals surface area (Å²) in [7, 11) is 0. The van der Waals surface area contributed by atoms with Gasteiger partial charge < -0.3 is 28.9 Å². The van der Waals surface area contributed by atoms with E-state index >= 15 is 0 Å². The molecule has 266 valence electrons. The molecule has 0 aliphatic carbocycles. The van der Waals surface area contributed by atoms with Crippen LogP contribution in [0.15, 0.2) is 154 Å². The quantitative estimate of drug-likeness (QED) is 0.131. The summed E-state index contributed by atoms with van der Waals surface area (Å²) in [5.41, 5.74) is 6.88. The molecular weight excluding hydrogens is 674 g/mol. The highest BCUT2D eigenvalue weighted by Gasteiger charge is 2.14. The van der Waals surface area contributed by atoms with E-state index in [2.05, 4.69) is 36.4 Å². The lowest BCUT2D eigenvalue weighted by molar-refractivity contribution is 0.0535. The van der Waals surface area contributed by atoms with Gasteiger partial charge in [0.15, 0.2) is 0 Å². The number of rotatable bonds is 10. The van der Waals surface area contributed by atoms with E-state index in [0.717, 1.165) is 35.2 Å². The van der Waals surface area contributed by atoms with Gasteiger partial charge in [-0.15, -0.1) is 0 Å². The Labute approximate surface area is 304 Å². The molecule has 53 heavy (non-hydrogen) atoms. The second kappa shape index (κ2) is 16.0. The minimum Gasteiger partial charge on any atom is -0.508 e. The summed E-state index contributed by atoms with van der Waals surface area (Å²) in [5.74, 6) is 0.0938. The number of aliphatic hydroxyl groups is 2. The average Bonchev–Trinajstić information content (AvgIpc) is 3.79. The van der Waals surface area contributed by atoms with Crippen molar-refractivity contribution in [3.05, 3.63) is 179 Å². The maximum atomic E-state index is 14.6. The second-order valence-corrected chi connectivity index (χ2v) is 12.7. The molecule has 6 nitrogen and oxygen atoms in total. The fourth-order valence-electron chi connectivity index (χ4n) is 6.07. The summed E-state index contributed by atoms with van der Waals surface area (Å²) < 4.78 is 45.5. The van der Waals surface area contributed by atoms with Crippen LogP contribution in [0.4, 0.5) is 8.78 Å². The van der Waals surface area contributed by atoms with E-state index < -0.39 is 24.3 Å². The minimum atomic E-state index is -1.00. The summed E-state index contributed by atoms with van der Waals surface area (Å²) in [6.07, 6.45) is 0.653. The van der Waals surface area contributed by atoms with Gasteiger partial charge in [0.05, 0.1) is 17.7 Å². The van der Waals surface area contributed by atoms with E-state index in [9.17, 15) is 19.0 Å². The zero-order chi connectivity index (χ0) is 36.7. The number of hydrogen-bond acceptors (Lipinski definition) is 6. The van der Waals surface area contributed by atoms with Gasteiger partial charge in [0, 0.05) is 22.9 Å². The Bertz CT molecular complexity index is 2450. The molecule has 0 aliphatic heterocycles. The number of aromatic hydroxyl groups is 1. The third-order valence-corrected chi connectivity index (χ3v) is 8.74. The van der Waals surface area contributed by atoms with Gasteiger partial charge in [-0.3, -0.25) is 0 Å². The Kier molecular flexibility index (Phi) is 10.6. The van der Waals surface area contributed by atoms with Crippen molar-refractivity contribution in [1.82, 2.24) is 0 Å². The Morgan fingerprint density at radius 2 is 1.06 bits per heavy atom. The lowest BCUT2D eigenvalue weighted by Gasteiger charge is -2.10. The number of halogens is 2. The van der Waals surface area contributed by atoms with E-state index in [4.69, 9.17) is 18.7 Å². The number of hydrogen-bond donors (Lipinski definition) is 3. The molecule has 8 heteroatoms. The molecular formula is C45H36F2O6. The average molecular weight is 711 g/mol. The normalized spacial score (nSPS) is 11.7. The van der Waals surface area contributed by atoms with Crippen molar-refractivity contribution in [1.29, 1.82) is 0 Å². The number of aliphatic hydroxyl groups excluding tert-OH is 2. The number of ether oxygens (including phenoxy) is 1. The first-order valence-electron chi connectivity index (χ1n) is 17.1. The minimum absolute atomic E-state index is 0.0995. The van der Waals surface area contributed by atoms with Crippen LogP contribution in [0.25, 0.3) is 44.6 Å². The van der Waals surface area contributed by atoms with Crippen LogP contribution in [-0.2, 0) is 12.8 Å². The third kappa shape index (κ3) is 8.64. The molecule has 0 amide bonds. The number of furan rings is 2. The lowest BCUT2D eigenvalue weighted by atomic mass is 10.0. The van der Waals surface area contributed by atoms with Crippen molar-refractivity contribution in [3.63, 3.8) is 0 Å². The second-order valence-electron chi connectivity index (χ2n) is 12.7. The largest absolute Gasteiger partial charge is 0.508 e. The van der Waals surface area contributed by atoms with Crippen LogP contribution in [-0.4, -0.2) is 34.6 Å². The predicted octanol–water partition coefficient (Wildman–Crippen LogP) is 10.1. The summed E-state index contributed by atoms with van der Waals surface area (Å²) in [4.78, 5) is 0. The fourth-order valence-corrected chi connectivity index (χ4v) is 6.07. The van der Waals surface area contributed by atoms with E-state index in [1.807, 2.05) is 72.8 Å². The zero-order valence-electron chi connectivity index (χ0n) is 28.6. The molecule has 3 N–H and O–H groups in total. The molecule has 1 unspecified atom stereocenters. The standard InChI is InChI=1S/C24H21FO4.C21H15FO2/c25-22-13-20(28-15-19(27)14-26)7-8-21(22)24-12-18-11-17(6-9-23(18)29-24)10-16-4-2-1-3-5-16;22-19-13-17(23)7-8-18(19)21-12-16-11-15(6-9-20(16)24-21)10-14-4-2-1-3-5-14/h1-9,11-13,19,26-27H,10,14-15H2;1-9,11-13,23H,10H2. The van der Waals surface area contributed by atoms with Crippen molar-refractivity contribution in [2.45, 2.75) is 18.9 Å². The molecule has 0 radical (unpaired) electrons. The predicted molar refractivity (Wildman–Crippen MR) is 202 cm³/mol. The van der Waals surface area contributed by atoms with Gasteiger partial charge in [-0.1, -0.05) is 72.8 Å². The van der Waals surface area contributed by atoms with Gasteiger partial charge in [-0.25, -0.2) is 8.78 Å². The maximum Gasteiger partial charge on any atom is 0.138 e. The van der Waals surface area contributed by atoms with E-state index in [1.54, 1.807) is 12.1 Å². The van der Waals surface area contributed by atoms with Crippen molar-refractivity contribution in [3.8, 4) is 34.1 Å². The lowest BCUT2D eigenvalue weighted by Crippen LogP contribution is -2.21. The number of phenols is 1. The molecule has 0 saturated carbocycles. The summed E-state index contributed by atoms with van der Waals surface area (Å²) in [6, 6.07) is 44.6. The Morgan fingerprint density at radius 1 is 0.547 bits per heavy atom. The van der Waals surface area contributed by atoms with Crippen molar-refractivity contribution in [2.24, 2.45) is 0 Å². The SMILES string of the molecule is OCC(O)COc1ccc(-c2cc3cc(Cc4ccccc4)ccc3o2)c(F)c1.Oc1ccc(-c2cc3cc(Cc4ccccc4)ccc3o2)c(F)c1. The molecule has 8 aromatic rings. The van der Waals surface area contributed by atoms with Gasteiger partial charge in [-0.05, 0) is 95.8 Å². The summed E-state index contributed by atoms with van der Waals surface area (Å²) in [6.45, 7) is -0.518. The highest BCUT2D eigenvalue weighted by Crippen LogP contribution is 2.33. The highest BCUT2D eigenvalue weighted by molar-refractivity contribution is 5.84. The molecule has 6 aromatic carbocycles. The fraction of sp³-hybridized carbons (Fsp3) is 0.111. The summed E-state index contributed by atoms with van der Waals surface area (Å²) in [5, 5.41) is 29.3. The van der Waals surface area contributed by atoms with Crippen LogP contribution < -0.4 is 4.74 Å². The van der Waals surface area contributed by atoms with Gasteiger partial charge in [-0.2, -0.15) is 0 Å². The molecule has 0 saturated heterocycles. The topological polar surface area (TPSA) is 96.2 Å². The number of benzene rings is 6. The maximum absolute atomic E-state index is 14.6. The van der Waals surface area contributed by atoms with Crippen molar-refractivity contribution in [2.75, 3.05) is 13.2 Å². The number of fused-ring (bicyclic) bond motifs is 2. The molecule has 0 spiro atoms. The Hall–Kier alpha value is -6.22. The van der Waals surface area contributed by atoms with Crippen LogP contribution in [0.3, 0.4) is 0 Å². The first-order chi connectivity index (χ1) is 25.8. The van der Waals surface area contributed by atoms with Crippen LogP contribution in [0.2, 0.25) is 0 Å². The van der Waals surface area contributed by atoms with Crippen molar-refractivity contribution < 1.29 is 37.7 Å². The smallest absolute Gasteiger partial charge is 0.138 e. The van der Waals surface area contributed by atoms with Crippen molar-refractivity contribution >= 4 is 21.9 Å². The third-order valence-electron chi connectivity index (χ3n) is 8.74. The Morgan fingerprint density at radius 3 is 1.55 bits per heavy atom. The molecule has 0 aliphatic rings.